The highest BCUT2D eigenvalue weighted by Gasteiger charge is 2.39. The van der Waals surface area contributed by atoms with Crippen LogP contribution in [0.15, 0.2) is 48.9 Å². The molecule has 5 rings (SSSR count). The Labute approximate surface area is 207 Å². The van der Waals surface area contributed by atoms with Crippen molar-refractivity contribution in [1.82, 2.24) is 34.6 Å². The van der Waals surface area contributed by atoms with E-state index in [0.717, 1.165) is 11.1 Å². The average molecular weight is 490 g/mol. The van der Waals surface area contributed by atoms with Gasteiger partial charge in [-0.15, -0.1) is 0 Å². The van der Waals surface area contributed by atoms with Gasteiger partial charge in [0, 0.05) is 37.0 Å². The van der Waals surface area contributed by atoms with Crippen LogP contribution in [0, 0.1) is 5.82 Å². The maximum Gasteiger partial charge on any atom is 0.274 e. The Bertz CT molecular complexity index is 1420. The van der Waals surface area contributed by atoms with Crippen LogP contribution in [0.1, 0.15) is 60.0 Å². The van der Waals surface area contributed by atoms with Crippen molar-refractivity contribution in [3.8, 4) is 11.3 Å². The summed E-state index contributed by atoms with van der Waals surface area (Å²) in [4.78, 5) is 34.6. The monoisotopic (exact) mass is 489 g/mol. The largest absolute Gasteiger partial charge is 0.334 e. The molecule has 0 atom stereocenters. The molecule has 4 aromatic rings. The highest BCUT2D eigenvalue weighted by Crippen LogP contribution is 2.28. The molecule has 0 aliphatic carbocycles. The molecule has 4 heterocycles. The molecular formula is C26H28FN7O2. The van der Waals surface area contributed by atoms with Crippen molar-refractivity contribution < 1.29 is 14.0 Å². The quantitative estimate of drug-likeness (QED) is 0.471. The molecule has 0 spiro atoms. The fourth-order valence-corrected chi connectivity index (χ4v) is 4.68. The Balaban J connectivity index is 1.45. The first-order valence-electron chi connectivity index (χ1n) is 11.9. The molecule has 1 saturated heterocycles. The van der Waals surface area contributed by atoms with Crippen molar-refractivity contribution >= 4 is 17.5 Å². The van der Waals surface area contributed by atoms with Crippen molar-refractivity contribution in [3.05, 3.63) is 71.6 Å². The van der Waals surface area contributed by atoms with Gasteiger partial charge in [-0.05, 0) is 50.1 Å². The number of nitrogens with one attached hydrogen (secondary N) is 1. The Morgan fingerprint density at radius 2 is 1.86 bits per heavy atom. The highest BCUT2D eigenvalue weighted by molar-refractivity contribution is 5.95. The number of benzene rings is 1. The van der Waals surface area contributed by atoms with Crippen LogP contribution in [0.3, 0.4) is 0 Å². The zero-order valence-electron chi connectivity index (χ0n) is 20.7. The maximum absolute atomic E-state index is 13.6. The molecule has 1 aliphatic heterocycles. The smallest absolute Gasteiger partial charge is 0.274 e. The standard InChI is InChI=1S/C26H28FN7O2/c1-16(2)20-11-21(17-5-7-19(27)8-6-17)31-34-14-22(30-23(20)34)25(36)33-10-9-32(15-26(33,3)4)24(35)18-12-28-29-13-18/h5-8,11-14,16H,9-10,15H2,1-4H3,(H,28,29). The summed E-state index contributed by atoms with van der Waals surface area (Å²) in [5.74, 6) is -0.503. The van der Waals surface area contributed by atoms with E-state index in [-0.39, 0.29) is 23.5 Å². The third-order valence-corrected chi connectivity index (χ3v) is 6.61. The lowest BCUT2D eigenvalue weighted by Crippen LogP contribution is -2.62. The van der Waals surface area contributed by atoms with E-state index in [1.165, 1.54) is 18.3 Å². The van der Waals surface area contributed by atoms with Gasteiger partial charge in [0.05, 0.1) is 29.2 Å². The fraction of sp³-hybridized carbons (Fsp3) is 0.346. The topological polar surface area (TPSA) is 99.5 Å². The van der Waals surface area contributed by atoms with Gasteiger partial charge in [0.25, 0.3) is 11.8 Å². The molecule has 0 bridgehead atoms. The maximum atomic E-state index is 13.6. The van der Waals surface area contributed by atoms with Crippen LogP contribution >= 0.6 is 0 Å². The number of halogens is 1. The van der Waals surface area contributed by atoms with Gasteiger partial charge >= 0.3 is 0 Å². The molecule has 186 valence electrons. The lowest BCUT2D eigenvalue weighted by atomic mass is 9.97. The first-order chi connectivity index (χ1) is 17.1. The number of imidazole rings is 1. The summed E-state index contributed by atoms with van der Waals surface area (Å²) >= 11 is 0. The summed E-state index contributed by atoms with van der Waals surface area (Å²) in [6.45, 7) is 9.18. The van der Waals surface area contributed by atoms with Crippen LogP contribution in [0.2, 0.25) is 0 Å². The molecule has 10 heteroatoms. The highest BCUT2D eigenvalue weighted by atomic mass is 19.1. The third kappa shape index (κ3) is 4.23. The lowest BCUT2D eigenvalue weighted by Gasteiger charge is -2.46. The second-order valence-corrected chi connectivity index (χ2v) is 10.0. The molecule has 3 aromatic heterocycles. The van der Waals surface area contributed by atoms with Crippen LogP contribution in [0.4, 0.5) is 4.39 Å². The van der Waals surface area contributed by atoms with Gasteiger partial charge in [-0.25, -0.2) is 13.9 Å². The molecule has 1 N–H and O–H groups in total. The van der Waals surface area contributed by atoms with E-state index in [4.69, 9.17) is 0 Å². The van der Waals surface area contributed by atoms with Crippen LogP contribution < -0.4 is 0 Å². The minimum atomic E-state index is -0.599. The second kappa shape index (κ2) is 8.85. The summed E-state index contributed by atoms with van der Waals surface area (Å²) in [7, 11) is 0. The molecule has 1 aliphatic rings. The Morgan fingerprint density at radius 1 is 1.11 bits per heavy atom. The number of rotatable bonds is 4. The molecule has 0 radical (unpaired) electrons. The number of piperazine rings is 1. The van der Waals surface area contributed by atoms with Crippen molar-refractivity contribution in [1.29, 1.82) is 0 Å². The first-order valence-corrected chi connectivity index (χ1v) is 11.9. The minimum Gasteiger partial charge on any atom is -0.334 e. The van der Waals surface area contributed by atoms with Crippen LogP contribution in [-0.2, 0) is 0 Å². The number of amides is 2. The summed E-state index contributed by atoms with van der Waals surface area (Å²) in [5.41, 5.74) is 3.20. The van der Waals surface area contributed by atoms with E-state index in [1.54, 1.807) is 38.8 Å². The third-order valence-electron chi connectivity index (χ3n) is 6.61. The molecule has 9 nitrogen and oxygen atoms in total. The van der Waals surface area contributed by atoms with Crippen LogP contribution in [0.5, 0.6) is 0 Å². The molecule has 2 amide bonds. The summed E-state index contributed by atoms with van der Waals surface area (Å²) in [5, 5.41) is 11.2. The van der Waals surface area contributed by atoms with E-state index < -0.39 is 5.54 Å². The predicted octanol–water partition coefficient (Wildman–Crippen LogP) is 3.76. The van der Waals surface area contributed by atoms with Crippen molar-refractivity contribution in [2.45, 2.75) is 39.2 Å². The zero-order valence-corrected chi connectivity index (χ0v) is 20.7. The summed E-state index contributed by atoms with van der Waals surface area (Å²) in [6, 6.07) is 8.11. The second-order valence-electron chi connectivity index (χ2n) is 10.0. The summed E-state index contributed by atoms with van der Waals surface area (Å²) < 4.78 is 15.1. The average Bonchev–Trinajstić information content (AvgIpc) is 3.52. The minimum absolute atomic E-state index is 0.115. The van der Waals surface area contributed by atoms with E-state index in [0.29, 0.717) is 42.2 Å². The molecule has 0 unspecified atom stereocenters. The fourth-order valence-electron chi connectivity index (χ4n) is 4.68. The normalized spacial score (nSPS) is 15.6. The first kappa shape index (κ1) is 23.7. The molecular weight excluding hydrogens is 461 g/mol. The van der Waals surface area contributed by atoms with Crippen LogP contribution in [-0.4, -0.2) is 71.6 Å². The predicted molar refractivity (Wildman–Crippen MR) is 132 cm³/mol. The van der Waals surface area contributed by atoms with Crippen LogP contribution in [0.25, 0.3) is 16.9 Å². The van der Waals surface area contributed by atoms with E-state index in [2.05, 4.69) is 34.1 Å². The van der Waals surface area contributed by atoms with Gasteiger partial charge in [0.2, 0.25) is 0 Å². The van der Waals surface area contributed by atoms with Gasteiger partial charge in [0.15, 0.2) is 5.65 Å². The van der Waals surface area contributed by atoms with Gasteiger partial charge in [0.1, 0.15) is 11.5 Å². The number of hydrogen-bond acceptors (Lipinski definition) is 5. The van der Waals surface area contributed by atoms with Gasteiger partial charge in [-0.2, -0.15) is 10.2 Å². The summed E-state index contributed by atoms with van der Waals surface area (Å²) in [6.07, 6.45) is 4.72. The Morgan fingerprint density at radius 3 is 2.50 bits per heavy atom. The number of hydrogen-bond donors (Lipinski definition) is 1. The number of fused-ring (bicyclic) bond motifs is 1. The lowest BCUT2D eigenvalue weighted by molar-refractivity contribution is 0.0165. The zero-order chi connectivity index (χ0) is 25.6. The molecule has 0 saturated carbocycles. The number of aromatic nitrogens is 5. The SMILES string of the molecule is CC(C)c1cc(-c2ccc(F)cc2)nn2cc(C(=O)N3CCN(C(=O)c4cn[nH]c4)CC3(C)C)nc12. The number of H-pyrrole nitrogens is 1. The molecule has 1 aromatic carbocycles. The number of nitrogens with zero attached hydrogens (tertiary/aromatic N) is 6. The van der Waals surface area contributed by atoms with E-state index in [9.17, 15) is 14.0 Å². The molecule has 1 fully saturated rings. The van der Waals surface area contributed by atoms with Crippen molar-refractivity contribution in [3.63, 3.8) is 0 Å². The van der Waals surface area contributed by atoms with Gasteiger partial charge in [-0.3, -0.25) is 14.7 Å². The number of aromatic amines is 1. The van der Waals surface area contributed by atoms with Gasteiger partial charge < -0.3 is 9.80 Å². The number of carbonyl (C=O) groups excluding carboxylic acids is 2. The Kier molecular flexibility index (Phi) is 5.82. The van der Waals surface area contributed by atoms with E-state index in [1.807, 2.05) is 19.9 Å². The number of carbonyl (C=O) groups is 2. The van der Waals surface area contributed by atoms with Gasteiger partial charge in [-0.1, -0.05) is 13.8 Å². The van der Waals surface area contributed by atoms with Crippen molar-refractivity contribution in [2.75, 3.05) is 19.6 Å². The van der Waals surface area contributed by atoms with Crippen molar-refractivity contribution in [2.24, 2.45) is 0 Å². The molecule has 36 heavy (non-hydrogen) atoms. The van der Waals surface area contributed by atoms with E-state index >= 15 is 0 Å². The Hall–Kier alpha value is -4.08.